The maximum atomic E-state index is 12.6. The Labute approximate surface area is 155 Å². The standard InChI is InChI=1S/C18H20ClN3O4/c1-10-3-6-12(7-14(10)19)22-16(11-4-5-11)13(8-20-22)17(23)21-15(9-26-2)18(24)25/h3,6-8,11,15H,4-5,9H2,1-2H3,(H,21,23)(H,24,25). The molecule has 138 valence electrons. The van der Waals surface area contributed by atoms with Crippen molar-refractivity contribution in [2.45, 2.75) is 31.7 Å². The molecule has 1 aliphatic carbocycles. The number of carbonyl (C=O) groups is 2. The summed E-state index contributed by atoms with van der Waals surface area (Å²) in [5.74, 6) is -1.39. The maximum absolute atomic E-state index is 12.6. The van der Waals surface area contributed by atoms with Gasteiger partial charge < -0.3 is 15.2 Å². The highest BCUT2D eigenvalue weighted by Gasteiger charge is 2.34. The molecule has 0 spiro atoms. The summed E-state index contributed by atoms with van der Waals surface area (Å²) in [6, 6.07) is 4.49. The smallest absolute Gasteiger partial charge is 0.328 e. The van der Waals surface area contributed by atoms with Gasteiger partial charge in [-0.25, -0.2) is 9.48 Å². The Hall–Kier alpha value is -2.38. The van der Waals surface area contributed by atoms with E-state index in [1.54, 1.807) is 4.68 Å². The first-order valence-corrected chi connectivity index (χ1v) is 8.67. The van der Waals surface area contributed by atoms with Crippen molar-refractivity contribution in [2.75, 3.05) is 13.7 Å². The first-order valence-electron chi connectivity index (χ1n) is 8.29. The molecule has 0 radical (unpaired) electrons. The van der Waals surface area contributed by atoms with Gasteiger partial charge in [0.2, 0.25) is 0 Å². The molecule has 2 N–H and O–H groups in total. The molecule has 0 saturated heterocycles. The number of hydrogen-bond acceptors (Lipinski definition) is 4. The van der Waals surface area contributed by atoms with Gasteiger partial charge in [0.1, 0.15) is 0 Å². The number of carbonyl (C=O) groups excluding carboxylic acids is 1. The van der Waals surface area contributed by atoms with E-state index in [9.17, 15) is 14.7 Å². The number of nitrogens with zero attached hydrogens (tertiary/aromatic N) is 2. The zero-order valence-electron chi connectivity index (χ0n) is 14.5. The second kappa shape index (κ2) is 7.47. The van der Waals surface area contributed by atoms with Gasteiger partial charge in [-0.1, -0.05) is 17.7 Å². The molecule has 26 heavy (non-hydrogen) atoms. The number of halogens is 1. The summed E-state index contributed by atoms with van der Waals surface area (Å²) in [5, 5.41) is 16.7. The third-order valence-corrected chi connectivity index (χ3v) is 4.76. The number of aromatic nitrogens is 2. The number of aryl methyl sites for hydroxylation is 1. The van der Waals surface area contributed by atoms with Crippen molar-refractivity contribution in [1.82, 2.24) is 15.1 Å². The van der Waals surface area contributed by atoms with Crippen molar-refractivity contribution in [1.29, 1.82) is 0 Å². The molecular weight excluding hydrogens is 358 g/mol. The van der Waals surface area contributed by atoms with E-state index in [0.717, 1.165) is 29.8 Å². The summed E-state index contributed by atoms with van der Waals surface area (Å²) in [6.07, 6.45) is 3.40. The van der Waals surface area contributed by atoms with Crippen molar-refractivity contribution >= 4 is 23.5 Å². The molecule has 1 aromatic carbocycles. The fraction of sp³-hybridized carbons (Fsp3) is 0.389. The Bertz CT molecular complexity index is 845. The zero-order chi connectivity index (χ0) is 18.8. The average Bonchev–Trinajstić information content (AvgIpc) is 3.34. The predicted octanol–water partition coefficient (Wildman–Crippen LogP) is 2.54. The van der Waals surface area contributed by atoms with Crippen LogP contribution in [0.2, 0.25) is 5.02 Å². The van der Waals surface area contributed by atoms with Crippen LogP contribution in [0.4, 0.5) is 0 Å². The normalized spacial score (nSPS) is 14.9. The molecule has 1 unspecified atom stereocenters. The summed E-state index contributed by atoms with van der Waals surface area (Å²) in [7, 11) is 1.39. The van der Waals surface area contributed by atoms with Crippen LogP contribution in [-0.2, 0) is 9.53 Å². The molecule has 1 aromatic heterocycles. The largest absolute Gasteiger partial charge is 0.480 e. The number of aliphatic carboxylic acids is 1. The number of benzene rings is 1. The molecule has 8 heteroatoms. The van der Waals surface area contributed by atoms with Crippen LogP contribution in [0.25, 0.3) is 5.69 Å². The Morgan fingerprint density at radius 3 is 2.77 bits per heavy atom. The van der Waals surface area contributed by atoms with Crippen LogP contribution in [-0.4, -0.2) is 46.5 Å². The quantitative estimate of drug-likeness (QED) is 0.773. The SMILES string of the molecule is COCC(NC(=O)c1cnn(-c2ccc(C)c(Cl)c2)c1C1CC1)C(=O)O. The number of amides is 1. The van der Waals surface area contributed by atoms with Crippen LogP contribution >= 0.6 is 11.6 Å². The lowest BCUT2D eigenvalue weighted by Crippen LogP contribution is -2.44. The van der Waals surface area contributed by atoms with Crippen molar-refractivity contribution in [3.63, 3.8) is 0 Å². The minimum Gasteiger partial charge on any atom is -0.480 e. The van der Waals surface area contributed by atoms with Gasteiger partial charge in [-0.05, 0) is 37.5 Å². The van der Waals surface area contributed by atoms with Crippen LogP contribution in [0.5, 0.6) is 0 Å². The second-order valence-electron chi connectivity index (χ2n) is 6.38. The van der Waals surface area contributed by atoms with Crippen LogP contribution in [0.1, 0.15) is 40.4 Å². The minimum atomic E-state index is -1.15. The van der Waals surface area contributed by atoms with E-state index in [1.165, 1.54) is 13.3 Å². The molecule has 7 nitrogen and oxygen atoms in total. The number of hydrogen-bond donors (Lipinski definition) is 2. The number of nitrogens with one attached hydrogen (secondary N) is 1. The fourth-order valence-electron chi connectivity index (χ4n) is 2.78. The van der Waals surface area contributed by atoms with E-state index < -0.39 is 17.9 Å². The average molecular weight is 378 g/mol. The highest BCUT2D eigenvalue weighted by atomic mass is 35.5. The van der Waals surface area contributed by atoms with Crippen molar-refractivity contribution in [3.8, 4) is 5.69 Å². The van der Waals surface area contributed by atoms with Gasteiger partial charge in [-0.3, -0.25) is 4.79 Å². The molecular formula is C18H20ClN3O4. The first kappa shape index (κ1) is 18.4. The topological polar surface area (TPSA) is 93.5 Å². The van der Waals surface area contributed by atoms with E-state index in [4.69, 9.17) is 16.3 Å². The monoisotopic (exact) mass is 377 g/mol. The van der Waals surface area contributed by atoms with Crippen LogP contribution in [0.15, 0.2) is 24.4 Å². The maximum Gasteiger partial charge on any atom is 0.328 e. The Kier molecular flexibility index (Phi) is 5.29. The van der Waals surface area contributed by atoms with Gasteiger partial charge in [-0.15, -0.1) is 0 Å². The lowest BCUT2D eigenvalue weighted by molar-refractivity contribution is -0.140. The molecule has 0 bridgehead atoms. The van der Waals surface area contributed by atoms with E-state index in [-0.39, 0.29) is 12.5 Å². The Morgan fingerprint density at radius 2 is 2.19 bits per heavy atom. The summed E-state index contributed by atoms with van der Waals surface area (Å²) >= 11 is 6.22. The number of carboxylic acids is 1. The highest BCUT2D eigenvalue weighted by molar-refractivity contribution is 6.31. The first-order chi connectivity index (χ1) is 12.4. The van der Waals surface area contributed by atoms with E-state index in [2.05, 4.69) is 10.4 Å². The van der Waals surface area contributed by atoms with E-state index in [0.29, 0.717) is 10.6 Å². The van der Waals surface area contributed by atoms with Crippen LogP contribution < -0.4 is 5.32 Å². The predicted molar refractivity (Wildman–Crippen MR) is 96.1 cm³/mol. The van der Waals surface area contributed by atoms with Gasteiger partial charge in [0.15, 0.2) is 6.04 Å². The lowest BCUT2D eigenvalue weighted by Gasteiger charge is -2.14. The van der Waals surface area contributed by atoms with Crippen molar-refractivity contribution in [2.24, 2.45) is 0 Å². The zero-order valence-corrected chi connectivity index (χ0v) is 15.3. The molecule has 1 atom stereocenters. The molecule has 0 aliphatic heterocycles. The fourth-order valence-corrected chi connectivity index (χ4v) is 2.95. The number of carboxylic acid groups (broad SMARTS) is 1. The third-order valence-electron chi connectivity index (χ3n) is 4.35. The van der Waals surface area contributed by atoms with Gasteiger partial charge in [-0.2, -0.15) is 5.10 Å². The summed E-state index contributed by atoms with van der Waals surface area (Å²) in [4.78, 5) is 23.9. The van der Waals surface area contributed by atoms with Crippen LogP contribution in [0.3, 0.4) is 0 Å². The summed E-state index contributed by atoms with van der Waals surface area (Å²) < 4.78 is 6.57. The second-order valence-corrected chi connectivity index (χ2v) is 6.79. The molecule has 2 aromatic rings. The molecule has 1 amide bonds. The van der Waals surface area contributed by atoms with E-state index >= 15 is 0 Å². The minimum absolute atomic E-state index is 0.110. The van der Waals surface area contributed by atoms with Crippen LogP contribution in [0, 0.1) is 6.92 Å². The number of methoxy groups -OCH3 is 1. The van der Waals surface area contributed by atoms with Crippen molar-refractivity contribution < 1.29 is 19.4 Å². The summed E-state index contributed by atoms with van der Waals surface area (Å²) in [5.41, 5.74) is 2.89. The molecule has 1 fully saturated rings. The lowest BCUT2D eigenvalue weighted by atomic mass is 10.1. The van der Waals surface area contributed by atoms with Crippen molar-refractivity contribution in [3.05, 3.63) is 46.2 Å². The van der Waals surface area contributed by atoms with Gasteiger partial charge in [0.05, 0.1) is 29.7 Å². The highest BCUT2D eigenvalue weighted by Crippen LogP contribution is 2.42. The molecule has 1 heterocycles. The van der Waals surface area contributed by atoms with Gasteiger partial charge in [0.25, 0.3) is 5.91 Å². The molecule has 1 aliphatic rings. The molecule has 1 saturated carbocycles. The van der Waals surface area contributed by atoms with Gasteiger partial charge in [0, 0.05) is 18.1 Å². The van der Waals surface area contributed by atoms with E-state index in [1.807, 2.05) is 25.1 Å². The number of ether oxygens (including phenoxy) is 1. The molecule has 3 rings (SSSR count). The number of rotatable bonds is 7. The Morgan fingerprint density at radius 1 is 1.46 bits per heavy atom. The summed E-state index contributed by atoms with van der Waals surface area (Å²) in [6.45, 7) is 1.80. The Balaban J connectivity index is 1.93. The van der Waals surface area contributed by atoms with Gasteiger partial charge >= 0.3 is 5.97 Å². The third kappa shape index (κ3) is 3.73.